The number of sulfone groups is 1. The molecule has 2 aromatic carbocycles. The van der Waals surface area contributed by atoms with Crippen molar-refractivity contribution in [3.63, 3.8) is 0 Å². The summed E-state index contributed by atoms with van der Waals surface area (Å²) in [6.07, 6.45) is 1.10. The molecule has 26 heavy (non-hydrogen) atoms. The summed E-state index contributed by atoms with van der Waals surface area (Å²) in [4.78, 5) is 4.00. The van der Waals surface area contributed by atoms with Crippen molar-refractivity contribution in [2.75, 3.05) is 6.26 Å². The lowest BCUT2D eigenvalue weighted by molar-refractivity contribution is 0.581. The zero-order valence-corrected chi connectivity index (χ0v) is 14.4. The van der Waals surface area contributed by atoms with Crippen molar-refractivity contribution in [1.82, 2.24) is 4.98 Å². The van der Waals surface area contributed by atoms with Gasteiger partial charge in [-0.3, -0.25) is 0 Å². The van der Waals surface area contributed by atoms with Crippen molar-refractivity contribution in [1.29, 1.82) is 5.26 Å². The van der Waals surface area contributed by atoms with Crippen LogP contribution in [0.4, 0.5) is 8.78 Å². The van der Waals surface area contributed by atoms with Crippen molar-refractivity contribution < 1.29 is 17.2 Å². The molecule has 1 heterocycles. The van der Waals surface area contributed by atoms with Crippen LogP contribution < -0.4 is 0 Å². The molecule has 0 saturated heterocycles. The Balaban J connectivity index is 2.22. The molecule has 3 aromatic rings. The van der Waals surface area contributed by atoms with Crippen molar-refractivity contribution in [2.45, 2.75) is 4.90 Å². The Hall–Kier alpha value is -3.11. The van der Waals surface area contributed by atoms with Gasteiger partial charge in [0.1, 0.15) is 17.4 Å². The molecule has 0 radical (unpaired) electrons. The van der Waals surface area contributed by atoms with Gasteiger partial charge >= 0.3 is 0 Å². The molecule has 0 bridgehead atoms. The van der Waals surface area contributed by atoms with Gasteiger partial charge in [0.15, 0.2) is 9.84 Å². The smallest absolute Gasteiger partial charge is 0.224 e. The molecule has 1 aromatic heterocycles. The van der Waals surface area contributed by atoms with E-state index in [-0.39, 0.29) is 16.2 Å². The Kier molecular flexibility index (Phi) is 4.53. The summed E-state index contributed by atoms with van der Waals surface area (Å²) in [5, 5.41) is 9.08. The largest absolute Gasteiger partial charge is 0.231 e. The standard InChI is InChI=1S/C19H12F2N2O2S/c1-26(24,25)16-8-4-12(5-9-16)17-10-14(11-22)19(21)23-18(17)13-2-6-15(20)7-3-13/h2-10H,1H3. The normalized spacial score (nSPS) is 11.2. The van der Waals surface area contributed by atoms with Crippen molar-refractivity contribution in [3.05, 3.63) is 71.9 Å². The van der Waals surface area contributed by atoms with Gasteiger partial charge in [-0.1, -0.05) is 12.1 Å². The van der Waals surface area contributed by atoms with Crippen LogP contribution in [-0.2, 0) is 9.84 Å². The molecule has 130 valence electrons. The van der Waals surface area contributed by atoms with Gasteiger partial charge < -0.3 is 0 Å². The molecule has 0 N–H and O–H groups in total. The number of benzene rings is 2. The molecule has 0 amide bonds. The Morgan fingerprint density at radius 3 is 2.08 bits per heavy atom. The number of hydrogen-bond donors (Lipinski definition) is 0. The summed E-state index contributed by atoms with van der Waals surface area (Å²) in [6.45, 7) is 0. The molecule has 0 unspecified atom stereocenters. The Morgan fingerprint density at radius 2 is 1.54 bits per heavy atom. The molecule has 0 saturated carbocycles. The second-order valence-corrected chi connectivity index (χ2v) is 7.65. The van der Waals surface area contributed by atoms with E-state index in [0.29, 0.717) is 16.7 Å². The second kappa shape index (κ2) is 6.65. The maximum Gasteiger partial charge on any atom is 0.231 e. The van der Waals surface area contributed by atoms with Crippen LogP contribution in [0.3, 0.4) is 0 Å². The summed E-state index contributed by atoms with van der Waals surface area (Å²) in [5.41, 5.74) is 1.46. The maximum absolute atomic E-state index is 14.0. The summed E-state index contributed by atoms with van der Waals surface area (Å²) in [7, 11) is -3.36. The number of halogens is 2. The minimum atomic E-state index is -3.36. The maximum atomic E-state index is 14.0. The van der Waals surface area contributed by atoms with E-state index in [1.807, 2.05) is 0 Å². The quantitative estimate of drug-likeness (QED) is 0.654. The van der Waals surface area contributed by atoms with Gasteiger partial charge in [0.05, 0.1) is 10.6 Å². The predicted octanol–water partition coefficient (Wildman–Crippen LogP) is 3.97. The first-order valence-electron chi connectivity index (χ1n) is 7.46. The third-order valence-corrected chi connectivity index (χ3v) is 4.94. The van der Waals surface area contributed by atoms with Crippen LogP contribution in [0, 0.1) is 23.1 Å². The van der Waals surface area contributed by atoms with E-state index in [1.54, 1.807) is 18.2 Å². The zero-order chi connectivity index (χ0) is 18.9. The Morgan fingerprint density at radius 1 is 0.962 bits per heavy atom. The number of aromatic nitrogens is 1. The summed E-state index contributed by atoms with van der Waals surface area (Å²) in [5.74, 6) is -1.37. The molecular weight excluding hydrogens is 358 g/mol. The SMILES string of the molecule is CS(=O)(=O)c1ccc(-c2cc(C#N)c(F)nc2-c2ccc(F)cc2)cc1. The van der Waals surface area contributed by atoms with E-state index in [4.69, 9.17) is 5.26 Å². The molecule has 0 aliphatic heterocycles. The van der Waals surface area contributed by atoms with E-state index in [1.165, 1.54) is 42.5 Å². The lowest BCUT2D eigenvalue weighted by atomic mass is 9.98. The Labute approximate surface area is 149 Å². The van der Waals surface area contributed by atoms with Gasteiger partial charge in [-0.05, 0) is 48.0 Å². The number of nitriles is 1. The van der Waals surface area contributed by atoms with Crippen LogP contribution in [-0.4, -0.2) is 19.7 Å². The van der Waals surface area contributed by atoms with E-state index in [0.717, 1.165) is 6.26 Å². The van der Waals surface area contributed by atoms with Gasteiger partial charge in [0, 0.05) is 17.4 Å². The molecule has 4 nitrogen and oxygen atoms in total. The molecule has 3 rings (SSSR count). The van der Waals surface area contributed by atoms with Crippen LogP contribution in [0.5, 0.6) is 0 Å². The molecular formula is C19H12F2N2O2S. The summed E-state index contributed by atoms with van der Waals surface area (Å²) in [6, 6.07) is 14.4. The minimum Gasteiger partial charge on any atom is -0.224 e. The zero-order valence-electron chi connectivity index (χ0n) is 13.6. The van der Waals surface area contributed by atoms with Crippen molar-refractivity contribution in [2.24, 2.45) is 0 Å². The predicted molar refractivity (Wildman–Crippen MR) is 92.8 cm³/mol. The van der Waals surface area contributed by atoms with Crippen LogP contribution >= 0.6 is 0 Å². The molecule has 0 atom stereocenters. The number of nitrogens with zero attached hydrogens (tertiary/aromatic N) is 2. The van der Waals surface area contributed by atoms with Gasteiger partial charge in [-0.15, -0.1) is 0 Å². The first-order valence-corrected chi connectivity index (χ1v) is 9.36. The topological polar surface area (TPSA) is 70.8 Å². The average molecular weight is 370 g/mol. The average Bonchev–Trinajstić information content (AvgIpc) is 2.61. The van der Waals surface area contributed by atoms with Crippen LogP contribution in [0.25, 0.3) is 22.4 Å². The van der Waals surface area contributed by atoms with Gasteiger partial charge in [0.25, 0.3) is 0 Å². The summed E-state index contributed by atoms with van der Waals surface area (Å²) < 4.78 is 50.4. The highest BCUT2D eigenvalue weighted by Gasteiger charge is 2.16. The number of rotatable bonds is 3. The fraction of sp³-hybridized carbons (Fsp3) is 0.0526. The van der Waals surface area contributed by atoms with Gasteiger partial charge in [-0.25, -0.2) is 17.8 Å². The molecule has 0 fully saturated rings. The van der Waals surface area contributed by atoms with Crippen LogP contribution in [0.2, 0.25) is 0 Å². The monoisotopic (exact) mass is 370 g/mol. The highest BCUT2D eigenvalue weighted by atomic mass is 32.2. The first-order chi connectivity index (χ1) is 12.3. The van der Waals surface area contributed by atoms with Crippen LogP contribution in [0.15, 0.2) is 59.5 Å². The number of hydrogen-bond acceptors (Lipinski definition) is 4. The molecule has 7 heteroatoms. The van der Waals surface area contributed by atoms with Crippen LogP contribution in [0.1, 0.15) is 5.56 Å². The highest BCUT2D eigenvalue weighted by Crippen LogP contribution is 2.32. The van der Waals surface area contributed by atoms with Gasteiger partial charge in [0.2, 0.25) is 5.95 Å². The third-order valence-electron chi connectivity index (χ3n) is 3.81. The first kappa shape index (κ1) is 17.7. The third kappa shape index (κ3) is 3.46. The Bertz CT molecular complexity index is 1120. The van der Waals surface area contributed by atoms with E-state index < -0.39 is 21.6 Å². The highest BCUT2D eigenvalue weighted by molar-refractivity contribution is 7.90. The molecule has 0 aliphatic carbocycles. The molecule has 0 aliphatic rings. The second-order valence-electron chi connectivity index (χ2n) is 5.64. The van der Waals surface area contributed by atoms with Crippen molar-refractivity contribution >= 4 is 9.84 Å². The molecule has 0 spiro atoms. The van der Waals surface area contributed by atoms with E-state index >= 15 is 0 Å². The fourth-order valence-electron chi connectivity index (χ4n) is 2.50. The lowest BCUT2D eigenvalue weighted by Gasteiger charge is -2.11. The van der Waals surface area contributed by atoms with E-state index in [9.17, 15) is 17.2 Å². The summed E-state index contributed by atoms with van der Waals surface area (Å²) >= 11 is 0. The fourth-order valence-corrected chi connectivity index (χ4v) is 3.13. The van der Waals surface area contributed by atoms with E-state index in [2.05, 4.69) is 4.98 Å². The van der Waals surface area contributed by atoms with Gasteiger partial charge in [-0.2, -0.15) is 9.65 Å². The number of pyridine rings is 1. The van der Waals surface area contributed by atoms with Crippen molar-refractivity contribution in [3.8, 4) is 28.5 Å². The minimum absolute atomic E-state index is 0.139. The lowest BCUT2D eigenvalue weighted by Crippen LogP contribution is -1.99.